The van der Waals surface area contributed by atoms with Crippen molar-refractivity contribution in [3.8, 4) is 11.5 Å². The van der Waals surface area contributed by atoms with Crippen LogP contribution in [0.2, 0.25) is 0 Å². The van der Waals surface area contributed by atoms with E-state index in [0.29, 0.717) is 36.7 Å². The molecule has 36 heavy (non-hydrogen) atoms. The predicted octanol–water partition coefficient (Wildman–Crippen LogP) is 5.14. The van der Waals surface area contributed by atoms with E-state index in [4.69, 9.17) is 21.7 Å². The Morgan fingerprint density at radius 2 is 1.64 bits per heavy atom. The summed E-state index contributed by atoms with van der Waals surface area (Å²) < 4.78 is 12.2. The summed E-state index contributed by atoms with van der Waals surface area (Å²) in [7, 11) is 3.11. The number of hydrogen-bond acceptors (Lipinski definition) is 5. The molecule has 0 unspecified atom stereocenters. The van der Waals surface area contributed by atoms with E-state index in [2.05, 4.69) is 30.8 Å². The molecule has 0 atom stereocenters. The quantitative estimate of drug-likeness (QED) is 0.185. The van der Waals surface area contributed by atoms with Crippen molar-refractivity contribution < 1.29 is 19.1 Å². The van der Waals surface area contributed by atoms with Crippen LogP contribution in [0.1, 0.15) is 23.6 Å². The third kappa shape index (κ3) is 5.02. The molecule has 2 amide bonds. The van der Waals surface area contributed by atoms with Gasteiger partial charge in [0.25, 0.3) is 11.8 Å². The lowest BCUT2D eigenvalue weighted by atomic mass is 10.0. The van der Waals surface area contributed by atoms with E-state index in [1.165, 1.54) is 15.2 Å². The average molecular weight is 501 g/mol. The topological polar surface area (TPSA) is 59.1 Å². The van der Waals surface area contributed by atoms with Gasteiger partial charge in [-0.2, -0.15) is 0 Å². The molecule has 3 aromatic carbocycles. The highest BCUT2D eigenvalue weighted by atomic mass is 32.1. The van der Waals surface area contributed by atoms with Crippen LogP contribution in [0.25, 0.3) is 16.8 Å². The lowest BCUT2D eigenvalue weighted by molar-refractivity contribution is -0.132. The maximum atomic E-state index is 12.8. The van der Waals surface area contributed by atoms with Crippen LogP contribution in [-0.4, -0.2) is 47.4 Å². The van der Waals surface area contributed by atoms with Gasteiger partial charge < -0.3 is 9.47 Å². The van der Waals surface area contributed by atoms with Crippen LogP contribution >= 0.6 is 12.2 Å². The fourth-order valence-corrected chi connectivity index (χ4v) is 4.29. The normalized spacial score (nSPS) is 13.9. The number of amides is 2. The van der Waals surface area contributed by atoms with E-state index in [9.17, 15) is 9.59 Å². The molecule has 6 nitrogen and oxygen atoms in total. The van der Waals surface area contributed by atoms with E-state index in [1.807, 2.05) is 31.2 Å². The molecule has 1 aliphatic rings. The van der Waals surface area contributed by atoms with Gasteiger partial charge in [-0.15, -0.1) is 6.58 Å². The van der Waals surface area contributed by atoms with Gasteiger partial charge in [-0.05, 0) is 71.7 Å². The minimum Gasteiger partial charge on any atom is -0.490 e. The molecule has 184 valence electrons. The van der Waals surface area contributed by atoms with E-state index >= 15 is 0 Å². The van der Waals surface area contributed by atoms with Crippen LogP contribution in [0.4, 0.5) is 0 Å². The fraction of sp³-hybridized carbons (Fsp3) is 0.207. The molecule has 0 spiro atoms. The first-order chi connectivity index (χ1) is 17.3. The van der Waals surface area contributed by atoms with Gasteiger partial charge in [0.2, 0.25) is 0 Å². The molecule has 0 radical (unpaired) electrons. The molecule has 0 N–H and O–H groups in total. The number of carbonyl (C=O) groups excluding carboxylic acids is 2. The number of fused-ring (bicyclic) bond motifs is 1. The number of rotatable bonds is 8. The van der Waals surface area contributed by atoms with Crippen molar-refractivity contribution >= 4 is 46.0 Å². The standard InChI is InChI=1S/C29H28N2O4S/c1-5-9-23-15-20(16-24-27(32)30(3)29(36)31(4)28(24)33)17-25(34-6-2)26(23)35-18-19-12-13-21-10-7-8-11-22(21)14-19/h5,7-8,10-17H,1,6,9,18H2,2-4H3. The van der Waals surface area contributed by atoms with E-state index in [-0.39, 0.29) is 10.7 Å². The number of thiocarbonyl (C=S) groups is 1. The highest BCUT2D eigenvalue weighted by molar-refractivity contribution is 7.80. The zero-order chi connectivity index (χ0) is 25.8. The minimum absolute atomic E-state index is 0.0328. The fourth-order valence-electron chi connectivity index (χ4n) is 4.13. The molecular weight excluding hydrogens is 472 g/mol. The monoisotopic (exact) mass is 500 g/mol. The summed E-state index contributed by atoms with van der Waals surface area (Å²) in [5, 5.41) is 2.49. The van der Waals surface area contributed by atoms with Crippen LogP contribution in [-0.2, 0) is 22.6 Å². The largest absolute Gasteiger partial charge is 0.490 e. The Kier molecular flexibility index (Phi) is 7.50. The summed E-state index contributed by atoms with van der Waals surface area (Å²) in [6, 6.07) is 18.1. The Hall–Kier alpha value is -3.97. The molecule has 0 aromatic heterocycles. The van der Waals surface area contributed by atoms with Crippen molar-refractivity contribution in [2.24, 2.45) is 0 Å². The predicted molar refractivity (Wildman–Crippen MR) is 146 cm³/mol. The first-order valence-electron chi connectivity index (χ1n) is 11.7. The maximum absolute atomic E-state index is 12.8. The molecule has 1 heterocycles. The van der Waals surface area contributed by atoms with Crippen molar-refractivity contribution in [1.82, 2.24) is 9.80 Å². The van der Waals surface area contributed by atoms with Gasteiger partial charge in [-0.25, -0.2) is 0 Å². The number of benzene rings is 3. The highest BCUT2D eigenvalue weighted by Gasteiger charge is 2.35. The molecule has 7 heteroatoms. The van der Waals surface area contributed by atoms with Crippen molar-refractivity contribution in [2.45, 2.75) is 20.0 Å². The molecule has 1 aliphatic heterocycles. The van der Waals surface area contributed by atoms with E-state index in [1.54, 1.807) is 32.3 Å². The van der Waals surface area contributed by atoms with Crippen LogP contribution in [0, 0.1) is 0 Å². The average Bonchev–Trinajstić information content (AvgIpc) is 2.88. The molecule has 4 rings (SSSR count). The summed E-state index contributed by atoms with van der Waals surface area (Å²) in [6.45, 7) is 6.56. The van der Waals surface area contributed by atoms with Gasteiger partial charge in [0.05, 0.1) is 6.61 Å². The van der Waals surface area contributed by atoms with Gasteiger partial charge in [-0.3, -0.25) is 19.4 Å². The zero-order valence-corrected chi connectivity index (χ0v) is 21.4. The van der Waals surface area contributed by atoms with Gasteiger partial charge in [0.1, 0.15) is 12.2 Å². The van der Waals surface area contributed by atoms with Gasteiger partial charge >= 0.3 is 0 Å². The molecule has 1 saturated heterocycles. The molecule has 0 saturated carbocycles. The summed E-state index contributed by atoms with van der Waals surface area (Å²) in [5.41, 5.74) is 2.56. The van der Waals surface area contributed by atoms with Gasteiger partial charge in [0, 0.05) is 19.7 Å². The number of likely N-dealkylation sites (N-methyl/N-ethyl adjacent to an activating group) is 2. The number of nitrogens with zero attached hydrogens (tertiary/aromatic N) is 2. The summed E-state index contributed by atoms with van der Waals surface area (Å²) in [5.74, 6) is 0.270. The van der Waals surface area contributed by atoms with Crippen molar-refractivity contribution in [3.63, 3.8) is 0 Å². The van der Waals surface area contributed by atoms with E-state index < -0.39 is 11.8 Å². The second-order valence-corrected chi connectivity index (χ2v) is 8.84. The Bertz CT molecular complexity index is 1370. The van der Waals surface area contributed by atoms with Crippen LogP contribution in [0.15, 0.2) is 72.8 Å². The Labute approximate surface area is 216 Å². The maximum Gasteiger partial charge on any atom is 0.265 e. The Morgan fingerprint density at radius 3 is 2.31 bits per heavy atom. The summed E-state index contributed by atoms with van der Waals surface area (Å²) in [4.78, 5) is 28.2. The Morgan fingerprint density at radius 1 is 0.944 bits per heavy atom. The first kappa shape index (κ1) is 25.1. The van der Waals surface area contributed by atoms with Gasteiger partial charge in [-0.1, -0.05) is 42.5 Å². The lowest BCUT2D eigenvalue weighted by Gasteiger charge is -2.31. The number of allylic oxidation sites excluding steroid dienone is 1. The van der Waals surface area contributed by atoms with E-state index in [0.717, 1.165) is 16.5 Å². The molecular formula is C29H28N2O4S. The number of carbonyl (C=O) groups is 2. The third-order valence-corrected chi connectivity index (χ3v) is 6.52. The molecule has 3 aromatic rings. The molecule has 0 bridgehead atoms. The second-order valence-electron chi connectivity index (χ2n) is 8.47. The van der Waals surface area contributed by atoms with Crippen molar-refractivity contribution in [1.29, 1.82) is 0 Å². The number of hydrogen-bond donors (Lipinski definition) is 0. The van der Waals surface area contributed by atoms with Crippen molar-refractivity contribution in [3.05, 3.63) is 89.5 Å². The van der Waals surface area contributed by atoms with Crippen LogP contribution in [0.5, 0.6) is 11.5 Å². The second kappa shape index (κ2) is 10.7. The molecule has 0 aliphatic carbocycles. The zero-order valence-electron chi connectivity index (χ0n) is 20.6. The van der Waals surface area contributed by atoms with Crippen LogP contribution < -0.4 is 9.47 Å². The lowest BCUT2D eigenvalue weighted by Crippen LogP contribution is -2.52. The van der Waals surface area contributed by atoms with Crippen LogP contribution in [0.3, 0.4) is 0 Å². The molecule has 1 fully saturated rings. The Balaban J connectivity index is 1.70. The summed E-state index contributed by atoms with van der Waals surface area (Å²) >= 11 is 5.18. The first-order valence-corrected chi connectivity index (χ1v) is 12.1. The highest BCUT2D eigenvalue weighted by Crippen LogP contribution is 2.36. The van der Waals surface area contributed by atoms with Gasteiger partial charge in [0.15, 0.2) is 16.6 Å². The SMILES string of the molecule is C=CCc1cc(C=C2C(=O)N(C)C(=S)N(C)C2=O)cc(OCC)c1OCc1ccc2ccccc2c1. The minimum atomic E-state index is -0.442. The third-order valence-electron chi connectivity index (χ3n) is 5.97. The van der Waals surface area contributed by atoms with Crippen molar-refractivity contribution in [2.75, 3.05) is 20.7 Å². The smallest absolute Gasteiger partial charge is 0.265 e. The summed E-state index contributed by atoms with van der Waals surface area (Å²) in [6.07, 6.45) is 3.87. The number of ether oxygens (including phenoxy) is 2.